The van der Waals surface area contributed by atoms with Gasteiger partial charge in [-0.3, -0.25) is 0 Å². The van der Waals surface area contributed by atoms with Crippen molar-refractivity contribution in [3.8, 4) is 0 Å². The number of hydrogen-bond acceptors (Lipinski definition) is 3. The minimum Gasteiger partial charge on any atom is -0.384 e. The molecule has 0 amide bonds. The summed E-state index contributed by atoms with van der Waals surface area (Å²) in [5.74, 6) is 2.15. The van der Waals surface area contributed by atoms with Gasteiger partial charge in [-0.2, -0.15) is 0 Å². The molecule has 1 fully saturated rings. The van der Waals surface area contributed by atoms with Crippen molar-refractivity contribution < 1.29 is 0 Å². The third kappa shape index (κ3) is 2.61. The number of nitrogens with two attached hydrogens (primary N) is 1. The van der Waals surface area contributed by atoms with Gasteiger partial charge < -0.3 is 11.1 Å². The van der Waals surface area contributed by atoms with Gasteiger partial charge in [-0.1, -0.05) is 24.3 Å². The van der Waals surface area contributed by atoms with E-state index in [1.165, 1.54) is 31.2 Å². The molecule has 1 heterocycles. The Hall–Kier alpha value is -1.87. The van der Waals surface area contributed by atoms with E-state index in [-0.39, 0.29) is 0 Å². The fourth-order valence-corrected chi connectivity index (χ4v) is 4.32. The highest BCUT2D eigenvalue weighted by molar-refractivity contribution is 5.32. The highest BCUT2D eigenvalue weighted by atomic mass is 14.9. The maximum absolute atomic E-state index is 5.78. The lowest BCUT2D eigenvalue weighted by Crippen LogP contribution is -2.37. The van der Waals surface area contributed by atoms with Crippen LogP contribution in [0.1, 0.15) is 29.5 Å². The molecule has 3 nitrogen and oxygen atoms in total. The van der Waals surface area contributed by atoms with Crippen LogP contribution in [0.5, 0.6) is 0 Å². The van der Waals surface area contributed by atoms with Gasteiger partial charge in [0.1, 0.15) is 5.82 Å². The molecule has 2 aromatic rings. The standard InChI is InChI=1S/C19H23N3/c20-18-9-13(7-8-21-18)12-22-19-16-5-6-17(19)11-15-4-2-1-3-14(15)10-16/h1-4,7-9,16-17,19,22H,5-6,10-12H2,(H2,20,21)/t16-,17-/m0/s1. The lowest BCUT2D eigenvalue weighted by atomic mass is 9.94. The van der Waals surface area contributed by atoms with E-state index in [1.807, 2.05) is 6.07 Å². The highest BCUT2D eigenvalue weighted by Gasteiger charge is 2.38. The molecule has 22 heavy (non-hydrogen) atoms. The summed E-state index contributed by atoms with van der Waals surface area (Å²) in [6, 6.07) is 13.6. The summed E-state index contributed by atoms with van der Waals surface area (Å²) in [5.41, 5.74) is 10.1. The van der Waals surface area contributed by atoms with Crippen LogP contribution in [0.25, 0.3) is 0 Å². The summed E-state index contributed by atoms with van der Waals surface area (Å²) in [5, 5.41) is 3.82. The lowest BCUT2D eigenvalue weighted by Gasteiger charge is -2.24. The molecule has 0 aliphatic heterocycles. The first kappa shape index (κ1) is 13.8. The number of nitrogen functional groups attached to an aromatic ring is 1. The van der Waals surface area contributed by atoms with E-state index in [0.29, 0.717) is 11.9 Å². The van der Waals surface area contributed by atoms with Gasteiger partial charge >= 0.3 is 0 Å². The third-order valence-corrected chi connectivity index (χ3v) is 5.39. The number of fused-ring (bicyclic) bond motifs is 3. The van der Waals surface area contributed by atoms with Crippen LogP contribution < -0.4 is 11.1 Å². The molecule has 2 bridgehead atoms. The number of nitrogens with one attached hydrogen (secondary N) is 1. The summed E-state index contributed by atoms with van der Waals surface area (Å²) < 4.78 is 0. The summed E-state index contributed by atoms with van der Waals surface area (Å²) in [6.45, 7) is 0.890. The van der Waals surface area contributed by atoms with Gasteiger partial charge in [0, 0.05) is 18.8 Å². The van der Waals surface area contributed by atoms with Crippen molar-refractivity contribution in [1.82, 2.24) is 10.3 Å². The second kappa shape index (κ2) is 5.73. The van der Waals surface area contributed by atoms with E-state index in [4.69, 9.17) is 5.73 Å². The monoisotopic (exact) mass is 293 g/mol. The molecule has 1 aromatic carbocycles. The number of hydrogen-bond donors (Lipinski definition) is 2. The molecule has 0 saturated heterocycles. The van der Waals surface area contributed by atoms with Gasteiger partial charge in [0.25, 0.3) is 0 Å². The number of anilines is 1. The van der Waals surface area contributed by atoms with E-state index in [2.05, 4.69) is 40.6 Å². The predicted molar refractivity (Wildman–Crippen MR) is 89.3 cm³/mol. The van der Waals surface area contributed by atoms with Crippen LogP contribution in [0, 0.1) is 11.8 Å². The maximum atomic E-state index is 5.78. The molecule has 114 valence electrons. The van der Waals surface area contributed by atoms with Crippen molar-refractivity contribution in [2.45, 2.75) is 38.3 Å². The second-order valence-electron chi connectivity index (χ2n) is 6.77. The van der Waals surface area contributed by atoms with Gasteiger partial charge in [0.15, 0.2) is 0 Å². The summed E-state index contributed by atoms with van der Waals surface area (Å²) in [4.78, 5) is 4.07. The van der Waals surface area contributed by atoms with Crippen LogP contribution >= 0.6 is 0 Å². The molecule has 2 aliphatic rings. The number of aromatic nitrogens is 1. The van der Waals surface area contributed by atoms with E-state index in [1.54, 1.807) is 17.3 Å². The SMILES string of the molecule is Nc1cc(CNC2[C@H]3CC[C@H]2Cc2ccccc2C3)ccn1. The topological polar surface area (TPSA) is 50.9 Å². The van der Waals surface area contributed by atoms with Crippen molar-refractivity contribution >= 4 is 5.82 Å². The number of rotatable bonds is 3. The van der Waals surface area contributed by atoms with Gasteiger partial charge in [-0.15, -0.1) is 0 Å². The van der Waals surface area contributed by atoms with Gasteiger partial charge in [-0.05, 0) is 66.3 Å². The van der Waals surface area contributed by atoms with Gasteiger partial charge in [0.2, 0.25) is 0 Å². The molecule has 1 saturated carbocycles. The first-order chi connectivity index (χ1) is 10.8. The zero-order valence-electron chi connectivity index (χ0n) is 12.8. The third-order valence-electron chi connectivity index (χ3n) is 5.39. The van der Waals surface area contributed by atoms with E-state index < -0.39 is 0 Å². The van der Waals surface area contributed by atoms with Crippen molar-refractivity contribution in [3.63, 3.8) is 0 Å². The van der Waals surface area contributed by atoms with Crippen molar-refractivity contribution in [3.05, 3.63) is 59.3 Å². The molecule has 0 spiro atoms. The molecule has 2 aliphatic carbocycles. The molecule has 1 aromatic heterocycles. The van der Waals surface area contributed by atoms with Crippen molar-refractivity contribution in [2.75, 3.05) is 5.73 Å². The van der Waals surface area contributed by atoms with Crippen LogP contribution in [-0.4, -0.2) is 11.0 Å². The van der Waals surface area contributed by atoms with Gasteiger partial charge in [0.05, 0.1) is 0 Å². The highest BCUT2D eigenvalue weighted by Crippen LogP contribution is 2.40. The average Bonchev–Trinajstić information content (AvgIpc) is 2.79. The van der Waals surface area contributed by atoms with Crippen LogP contribution in [0.3, 0.4) is 0 Å². The first-order valence-corrected chi connectivity index (χ1v) is 8.30. The van der Waals surface area contributed by atoms with Crippen LogP contribution in [0.15, 0.2) is 42.6 Å². The molecular formula is C19H23N3. The molecule has 2 atom stereocenters. The Balaban J connectivity index is 1.49. The van der Waals surface area contributed by atoms with Gasteiger partial charge in [-0.25, -0.2) is 4.98 Å². The zero-order chi connectivity index (χ0) is 14.9. The molecule has 4 rings (SSSR count). The molecule has 0 radical (unpaired) electrons. The quantitative estimate of drug-likeness (QED) is 0.915. The lowest BCUT2D eigenvalue weighted by molar-refractivity contribution is 0.340. The molecule has 0 unspecified atom stereocenters. The Kier molecular flexibility index (Phi) is 3.59. The van der Waals surface area contributed by atoms with Crippen LogP contribution in [0.2, 0.25) is 0 Å². The molecule has 3 N–H and O–H groups in total. The summed E-state index contributed by atoms with van der Waals surface area (Å²) in [6.07, 6.45) is 6.96. The van der Waals surface area contributed by atoms with Crippen molar-refractivity contribution in [2.24, 2.45) is 11.8 Å². The van der Waals surface area contributed by atoms with Crippen LogP contribution in [-0.2, 0) is 19.4 Å². The molecular weight excluding hydrogens is 270 g/mol. The minimum absolute atomic E-state index is 0.607. The maximum Gasteiger partial charge on any atom is 0.123 e. The fourth-order valence-electron chi connectivity index (χ4n) is 4.32. The second-order valence-corrected chi connectivity index (χ2v) is 6.77. The number of nitrogens with zero attached hydrogens (tertiary/aromatic N) is 1. The largest absolute Gasteiger partial charge is 0.384 e. The normalized spacial score (nSPS) is 26.5. The average molecular weight is 293 g/mol. The predicted octanol–water partition coefficient (Wildman–Crippen LogP) is 2.95. The van der Waals surface area contributed by atoms with E-state index in [0.717, 1.165) is 18.4 Å². The summed E-state index contributed by atoms with van der Waals surface area (Å²) in [7, 11) is 0. The zero-order valence-corrected chi connectivity index (χ0v) is 12.8. The smallest absolute Gasteiger partial charge is 0.123 e. The first-order valence-electron chi connectivity index (χ1n) is 8.30. The Morgan fingerprint density at radius 3 is 2.36 bits per heavy atom. The van der Waals surface area contributed by atoms with E-state index >= 15 is 0 Å². The minimum atomic E-state index is 0.607. The molecule has 3 heteroatoms. The Morgan fingerprint density at radius 1 is 1.05 bits per heavy atom. The van der Waals surface area contributed by atoms with Crippen LogP contribution in [0.4, 0.5) is 5.82 Å². The summed E-state index contributed by atoms with van der Waals surface area (Å²) >= 11 is 0. The Morgan fingerprint density at radius 2 is 1.73 bits per heavy atom. The Labute approximate surface area is 132 Å². The van der Waals surface area contributed by atoms with E-state index in [9.17, 15) is 0 Å². The fraction of sp³-hybridized carbons (Fsp3) is 0.421. The number of pyridine rings is 1. The number of benzene rings is 1. The van der Waals surface area contributed by atoms with Crippen molar-refractivity contribution in [1.29, 1.82) is 0 Å². The Bertz CT molecular complexity index is 634.